The molecule has 5 heterocycles. The summed E-state index contributed by atoms with van der Waals surface area (Å²) < 4.78 is 1.57. The second kappa shape index (κ2) is 8.62. The molecule has 5 rings (SSSR count). The molecular weight excluding hydrogens is 396 g/mol. The lowest BCUT2D eigenvalue weighted by Crippen LogP contribution is -2.53. The van der Waals surface area contributed by atoms with E-state index in [4.69, 9.17) is 0 Å². The van der Waals surface area contributed by atoms with Crippen LogP contribution in [-0.2, 0) is 4.79 Å². The molecule has 3 aromatic rings. The van der Waals surface area contributed by atoms with Crippen LogP contribution in [-0.4, -0.2) is 85.0 Å². The van der Waals surface area contributed by atoms with Crippen LogP contribution in [0.3, 0.4) is 0 Å². The summed E-state index contributed by atoms with van der Waals surface area (Å²) in [7, 11) is 0. The largest absolute Gasteiger partial charge is 0.354 e. The van der Waals surface area contributed by atoms with Gasteiger partial charge in [-0.25, -0.2) is 19.6 Å². The number of hydrogen-bond acceptors (Lipinski definition) is 9. The number of piperidine rings is 1. The van der Waals surface area contributed by atoms with Crippen LogP contribution in [0.2, 0.25) is 0 Å². The van der Waals surface area contributed by atoms with Gasteiger partial charge in [0, 0.05) is 51.7 Å². The minimum Gasteiger partial charge on any atom is -0.354 e. The molecule has 2 fully saturated rings. The van der Waals surface area contributed by atoms with Crippen molar-refractivity contribution in [3.63, 3.8) is 0 Å². The first kappa shape index (κ1) is 19.3. The van der Waals surface area contributed by atoms with Gasteiger partial charge in [0.1, 0.15) is 12.7 Å². The Morgan fingerprint density at radius 3 is 2.42 bits per heavy atom. The van der Waals surface area contributed by atoms with Crippen molar-refractivity contribution in [2.75, 3.05) is 49.1 Å². The highest BCUT2D eigenvalue weighted by molar-refractivity contribution is 5.80. The van der Waals surface area contributed by atoms with E-state index in [2.05, 4.69) is 40.0 Å². The molecule has 11 nitrogen and oxygen atoms in total. The zero-order valence-corrected chi connectivity index (χ0v) is 17.2. The molecule has 3 aromatic heterocycles. The average Bonchev–Trinajstić information content (AvgIpc) is 3.40. The fourth-order valence-electron chi connectivity index (χ4n) is 4.16. The van der Waals surface area contributed by atoms with Crippen LogP contribution in [0.25, 0.3) is 5.82 Å². The predicted molar refractivity (Wildman–Crippen MR) is 113 cm³/mol. The van der Waals surface area contributed by atoms with Gasteiger partial charge in [0.05, 0.1) is 5.92 Å². The van der Waals surface area contributed by atoms with Crippen LogP contribution in [0.1, 0.15) is 12.8 Å². The van der Waals surface area contributed by atoms with Crippen molar-refractivity contribution in [3.8, 4) is 5.82 Å². The second-order valence-electron chi connectivity index (χ2n) is 7.74. The number of hydrogen-bond donors (Lipinski definition) is 0. The van der Waals surface area contributed by atoms with Gasteiger partial charge in [0.2, 0.25) is 11.9 Å². The first-order chi connectivity index (χ1) is 15.3. The molecule has 0 aromatic carbocycles. The minimum atomic E-state index is -0.0231. The van der Waals surface area contributed by atoms with Crippen molar-refractivity contribution in [2.24, 2.45) is 5.92 Å². The Labute approximate surface area is 179 Å². The molecule has 0 aliphatic carbocycles. The summed E-state index contributed by atoms with van der Waals surface area (Å²) in [6, 6.07) is 5.60. The van der Waals surface area contributed by atoms with E-state index >= 15 is 0 Å². The molecule has 31 heavy (non-hydrogen) atoms. The standard InChI is InChI=1S/C20H24N10O/c31-19(27-9-11-28(12-10-27)20-22-6-2-7-23-20)16-3-1-8-29(13-16)17-4-5-18(26-25-17)30-15-21-14-24-30/h2,4-7,14-16H,1,3,8-13H2/t16-/m0/s1. The van der Waals surface area contributed by atoms with Gasteiger partial charge in [0.15, 0.2) is 11.6 Å². The Balaban J connectivity index is 1.19. The summed E-state index contributed by atoms with van der Waals surface area (Å²) >= 11 is 0. The lowest BCUT2D eigenvalue weighted by Gasteiger charge is -2.39. The Hall–Kier alpha value is -3.63. The van der Waals surface area contributed by atoms with Crippen molar-refractivity contribution in [2.45, 2.75) is 12.8 Å². The smallest absolute Gasteiger partial charge is 0.227 e. The number of amides is 1. The third-order valence-corrected chi connectivity index (χ3v) is 5.81. The van der Waals surface area contributed by atoms with Crippen LogP contribution in [0, 0.1) is 5.92 Å². The van der Waals surface area contributed by atoms with Crippen molar-refractivity contribution < 1.29 is 4.79 Å². The van der Waals surface area contributed by atoms with E-state index in [9.17, 15) is 4.79 Å². The number of carbonyl (C=O) groups excluding carboxylic acids is 1. The molecule has 0 bridgehead atoms. The molecule has 1 amide bonds. The van der Waals surface area contributed by atoms with Crippen molar-refractivity contribution in [3.05, 3.63) is 43.2 Å². The lowest BCUT2D eigenvalue weighted by molar-refractivity contribution is -0.136. The van der Waals surface area contributed by atoms with E-state index in [0.717, 1.165) is 44.2 Å². The zero-order valence-electron chi connectivity index (χ0n) is 17.2. The highest BCUT2D eigenvalue weighted by Crippen LogP contribution is 2.24. The highest BCUT2D eigenvalue weighted by atomic mass is 16.2. The maximum atomic E-state index is 13.2. The molecule has 1 atom stereocenters. The van der Waals surface area contributed by atoms with E-state index in [1.807, 2.05) is 23.1 Å². The summed E-state index contributed by atoms with van der Waals surface area (Å²) in [6.07, 6.45) is 8.41. The molecule has 2 aliphatic heterocycles. The average molecular weight is 420 g/mol. The molecule has 2 aliphatic rings. The quantitative estimate of drug-likeness (QED) is 0.593. The van der Waals surface area contributed by atoms with Gasteiger partial charge >= 0.3 is 0 Å². The van der Waals surface area contributed by atoms with Crippen LogP contribution in [0.4, 0.5) is 11.8 Å². The van der Waals surface area contributed by atoms with Crippen molar-refractivity contribution >= 4 is 17.7 Å². The van der Waals surface area contributed by atoms with Gasteiger partial charge in [-0.15, -0.1) is 10.2 Å². The van der Waals surface area contributed by atoms with Crippen molar-refractivity contribution in [1.29, 1.82) is 0 Å². The van der Waals surface area contributed by atoms with Crippen LogP contribution in [0.5, 0.6) is 0 Å². The van der Waals surface area contributed by atoms with Crippen LogP contribution in [0.15, 0.2) is 43.2 Å². The Kier molecular flexibility index (Phi) is 5.38. The molecular formula is C20H24N10O. The number of anilines is 2. The molecule has 0 unspecified atom stereocenters. The lowest BCUT2D eigenvalue weighted by atomic mass is 9.96. The first-order valence-corrected chi connectivity index (χ1v) is 10.5. The summed E-state index contributed by atoms with van der Waals surface area (Å²) in [5.74, 6) is 2.33. The van der Waals surface area contributed by atoms with Gasteiger partial charge in [-0.2, -0.15) is 5.10 Å². The van der Waals surface area contributed by atoms with E-state index in [1.165, 1.54) is 6.33 Å². The molecule has 0 saturated carbocycles. The van der Waals surface area contributed by atoms with Crippen LogP contribution < -0.4 is 9.80 Å². The van der Waals surface area contributed by atoms with Gasteiger partial charge in [-0.05, 0) is 31.0 Å². The predicted octanol–water partition coefficient (Wildman–Crippen LogP) is 0.413. The highest BCUT2D eigenvalue weighted by Gasteiger charge is 2.32. The van der Waals surface area contributed by atoms with Crippen molar-refractivity contribution in [1.82, 2.24) is 39.8 Å². The summed E-state index contributed by atoms with van der Waals surface area (Å²) in [4.78, 5) is 32.0. The Morgan fingerprint density at radius 2 is 1.71 bits per heavy atom. The number of aromatic nitrogens is 7. The third kappa shape index (κ3) is 4.16. The van der Waals surface area contributed by atoms with Gasteiger partial charge < -0.3 is 14.7 Å². The molecule has 11 heteroatoms. The van der Waals surface area contributed by atoms with E-state index in [1.54, 1.807) is 23.4 Å². The number of piperazine rings is 1. The maximum absolute atomic E-state index is 13.2. The summed E-state index contributed by atoms with van der Waals surface area (Å²) in [6.45, 7) is 4.43. The second-order valence-corrected chi connectivity index (χ2v) is 7.74. The number of carbonyl (C=O) groups is 1. The maximum Gasteiger partial charge on any atom is 0.227 e. The van der Waals surface area contributed by atoms with Gasteiger partial charge in [-0.3, -0.25) is 4.79 Å². The minimum absolute atomic E-state index is 0.0231. The summed E-state index contributed by atoms with van der Waals surface area (Å²) in [5, 5.41) is 12.7. The summed E-state index contributed by atoms with van der Waals surface area (Å²) in [5.41, 5.74) is 0. The monoisotopic (exact) mass is 420 g/mol. The number of rotatable bonds is 4. The topological polar surface area (TPSA) is 109 Å². The first-order valence-electron chi connectivity index (χ1n) is 10.5. The fourth-order valence-corrected chi connectivity index (χ4v) is 4.16. The zero-order chi connectivity index (χ0) is 21.0. The van der Waals surface area contributed by atoms with E-state index < -0.39 is 0 Å². The Morgan fingerprint density at radius 1 is 0.935 bits per heavy atom. The van der Waals surface area contributed by atoms with Gasteiger partial charge in [-0.1, -0.05) is 0 Å². The fraction of sp³-hybridized carbons (Fsp3) is 0.450. The van der Waals surface area contributed by atoms with Crippen LogP contribution >= 0.6 is 0 Å². The third-order valence-electron chi connectivity index (χ3n) is 5.81. The SMILES string of the molecule is O=C([C@H]1CCCN(c2ccc(-n3cncn3)nn2)C1)N1CCN(c2ncccn2)CC1. The molecule has 0 spiro atoms. The van der Waals surface area contributed by atoms with E-state index in [0.29, 0.717) is 25.5 Å². The normalized spacial score (nSPS) is 19.5. The van der Waals surface area contributed by atoms with Gasteiger partial charge in [0.25, 0.3) is 0 Å². The van der Waals surface area contributed by atoms with E-state index in [-0.39, 0.29) is 11.8 Å². The Bertz CT molecular complexity index is 987. The number of nitrogens with zero attached hydrogens (tertiary/aromatic N) is 10. The molecule has 0 radical (unpaired) electrons. The molecule has 0 N–H and O–H groups in total. The molecule has 2 saturated heterocycles. The molecule has 160 valence electrons.